The normalized spacial score (nSPS) is 9.11. The van der Waals surface area contributed by atoms with Gasteiger partial charge in [0.15, 0.2) is 0 Å². The first kappa shape index (κ1) is 14.4. The van der Waals surface area contributed by atoms with E-state index in [0.29, 0.717) is 5.56 Å². The van der Waals surface area contributed by atoms with E-state index in [-0.39, 0.29) is 11.1 Å². The highest BCUT2D eigenvalue weighted by molar-refractivity contribution is 5.93. The number of benzene rings is 2. The van der Waals surface area contributed by atoms with Crippen molar-refractivity contribution in [2.45, 2.75) is 6.92 Å². The molecule has 0 bridgehead atoms. The fourth-order valence-corrected chi connectivity index (χ4v) is 1.42. The molecule has 0 fully saturated rings. The largest absolute Gasteiger partial charge is 0.478 e. The van der Waals surface area contributed by atoms with E-state index >= 15 is 0 Å². The Bertz CT molecular complexity index is 535. The van der Waals surface area contributed by atoms with Gasteiger partial charge < -0.3 is 10.2 Å². The van der Waals surface area contributed by atoms with Gasteiger partial charge in [-0.3, -0.25) is 0 Å². The number of aromatic carboxylic acids is 2. The highest BCUT2D eigenvalue weighted by Gasteiger charge is 2.09. The lowest BCUT2D eigenvalue weighted by atomic mass is 10.1. The summed E-state index contributed by atoms with van der Waals surface area (Å²) in [5.41, 5.74) is 0.680. The van der Waals surface area contributed by atoms with Crippen molar-refractivity contribution in [3.63, 3.8) is 0 Å². The van der Waals surface area contributed by atoms with Gasteiger partial charge in [-0.25, -0.2) is 9.59 Å². The Kier molecular flexibility index (Phi) is 5.29. The molecule has 2 N–H and O–H groups in total. The summed E-state index contributed by atoms with van der Waals surface area (Å²) in [4.78, 5) is 21.0. The molecule has 2 rings (SSSR count). The third-order valence-electron chi connectivity index (χ3n) is 2.37. The summed E-state index contributed by atoms with van der Waals surface area (Å²) >= 11 is 0. The lowest BCUT2D eigenvalue weighted by molar-refractivity contribution is 0.0680. The minimum atomic E-state index is -1.06. The Hall–Kier alpha value is -2.62. The molecule has 19 heavy (non-hydrogen) atoms. The maximum Gasteiger partial charge on any atom is 0.335 e. The molecule has 0 spiro atoms. The minimum Gasteiger partial charge on any atom is -0.478 e. The van der Waals surface area contributed by atoms with E-state index in [4.69, 9.17) is 10.2 Å². The quantitative estimate of drug-likeness (QED) is 0.868. The van der Waals surface area contributed by atoms with Crippen LogP contribution in [0.3, 0.4) is 0 Å². The van der Waals surface area contributed by atoms with E-state index in [1.807, 2.05) is 36.4 Å². The van der Waals surface area contributed by atoms with Gasteiger partial charge in [0.2, 0.25) is 0 Å². The molecule has 0 aliphatic heterocycles. The molecule has 0 amide bonds. The number of carboxylic acid groups (broad SMARTS) is 2. The smallest absolute Gasteiger partial charge is 0.335 e. The van der Waals surface area contributed by atoms with E-state index in [1.165, 1.54) is 18.2 Å². The topological polar surface area (TPSA) is 74.6 Å². The average Bonchev–Trinajstić information content (AvgIpc) is 2.40. The van der Waals surface area contributed by atoms with Crippen molar-refractivity contribution in [2.75, 3.05) is 0 Å². The molecule has 0 aliphatic carbocycles. The summed E-state index contributed by atoms with van der Waals surface area (Å²) in [6, 6.07) is 15.9. The van der Waals surface area contributed by atoms with Crippen molar-refractivity contribution in [1.82, 2.24) is 0 Å². The van der Waals surface area contributed by atoms with Gasteiger partial charge in [0.1, 0.15) is 0 Å². The predicted molar refractivity (Wildman–Crippen MR) is 71.5 cm³/mol. The average molecular weight is 258 g/mol. The molecule has 0 radical (unpaired) electrons. The van der Waals surface area contributed by atoms with Crippen molar-refractivity contribution in [3.05, 3.63) is 71.3 Å². The molecule has 98 valence electrons. The van der Waals surface area contributed by atoms with Crippen LogP contribution in [0.5, 0.6) is 0 Å². The maximum absolute atomic E-state index is 10.6. The third kappa shape index (κ3) is 4.63. The van der Waals surface area contributed by atoms with Gasteiger partial charge in [-0.1, -0.05) is 36.4 Å². The Morgan fingerprint density at radius 2 is 1.32 bits per heavy atom. The van der Waals surface area contributed by atoms with Gasteiger partial charge in [0.05, 0.1) is 11.1 Å². The van der Waals surface area contributed by atoms with Crippen LogP contribution in [0.2, 0.25) is 0 Å². The summed E-state index contributed by atoms with van der Waals surface area (Å²) in [6.07, 6.45) is 0. The van der Waals surface area contributed by atoms with Crippen molar-refractivity contribution in [2.24, 2.45) is 0 Å². The van der Waals surface area contributed by atoms with Crippen LogP contribution >= 0.6 is 0 Å². The van der Waals surface area contributed by atoms with E-state index in [2.05, 4.69) is 0 Å². The molecule has 2 aromatic rings. The number of carboxylic acids is 2. The number of hydrogen-bond donors (Lipinski definition) is 2. The van der Waals surface area contributed by atoms with Crippen LogP contribution in [-0.2, 0) is 0 Å². The Morgan fingerprint density at radius 1 is 0.842 bits per heavy atom. The fraction of sp³-hybridized carbons (Fsp3) is 0.0667. The van der Waals surface area contributed by atoms with Crippen LogP contribution in [0.1, 0.15) is 26.3 Å². The Morgan fingerprint density at radius 3 is 1.63 bits per heavy atom. The number of carbonyl (C=O) groups is 2. The van der Waals surface area contributed by atoms with Crippen LogP contribution in [0.15, 0.2) is 54.6 Å². The minimum absolute atomic E-state index is 0.0995. The highest BCUT2D eigenvalue weighted by Crippen LogP contribution is 2.10. The zero-order valence-electron chi connectivity index (χ0n) is 10.4. The van der Waals surface area contributed by atoms with Crippen molar-refractivity contribution in [3.8, 4) is 0 Å². The zero-order chi connectivity index (χ0) is 14.3. The van der Waals surface area contributed by atoms with Crippen molar-refractivity contribution in [1.29, 1.82) is 0 Å². The maximum atomic E-state index is 10.6. The molecule has 0 atom stereocenters. The molecule has 0 saturated carbocycles. The molecule has 4 heteroatoms. The zero-order valence-corrected chi connectivity index (χ0v) is 10.4. The Balaban J connectivity index is 0.000000250. The van der Waals surface area contributed by atoms with E-state index in [0.717, 1.165) is 0 Å². The first-order chi connectivity index (χ1) is 9.02. The summed E-state index contributed by atoms with van der Waals surface area (Å²) in [7, 11) is 0. The Labute approximate surface area is 111 Å². The molecule has 2 aromatic carbocycles. The number of aryl methyl sites for hydroxylation is 1. The molecule has 0 aliphatic rings. The summed E-state index contributed by atoms with van der Waals surface area (Å²) in [5.74, 6) is -2.10. The van der Waals surface area contributed by atoms with Gasteiger partial charge in [0.25, 0.3) is 0 Å². The van der Waals surface area contributed by atoms with E-state index < -0.39 is 11.9 Å². The van der Waals surface area contributed by atoms with Crippen LogP contribution in [0.25, 0.3) is 0 Å². The molecule has 0 aromatic heterocycles. The SMILES string of the molecule is Cc1cc(C(=O)O)ccc1C(=O)O.c1ccccc1. The van der Waals surface area contributed by atoms with Crippen LogP contribution in [0.4, 0.5) is 0 Å². The molecule has 4 nitrogen and oxygen atoms in total. The predicted octanol–water partition coefficient (Wildman–Crippen LogP) is 3.08. The monoisotopic (exact) mass is 258 g/mol. The van der Waals surface area contributed by atoms with Gasteiger partial charge >= 0.3 is 11.9 Å². The van der Waals surface area contributed by atoms with E-state index in [1.54, 1.807) is 6.92 Å². The number of hydrogen-bond acceptors (Lipinski definition) is 2. The summed E-state index contributed by atoms with van der Waals surface area (Å²) in [5, 5.41) is 17.2. The summed E-state index contributed by atoms with van der Waals surface area (Å²) < 4.78 is 0. The number of rotatable bonds is 2. The molecule has 0 heterocycles. The second-order valence-electron chi connectivity index (χ2n) is 3.79. The van der Waals surface area contributed by atoms with Crippen molar-refractivity contribution >= 4 is 11.9 Å². The first-order valence-electron chi connectivity index (χ1n) is 5.59. The second-order valence-corrected chi connectivity index (χ2v) is 3.79. The standard InChI is InChI=1S/C9H8O4.C6H6/c1-5-4-6(8(10)11)2-3-7(5)9(12)13;1-2-4-6-5-3-1/h2-4H,1H3,(H,10,11)(H,12,13);1-6H. The van der Waals surface area contributed by atoms with Crippen LogP contribution < -0.4 is 0 Å². The van der Waals surface area contributed by atoms with Crippen molar-refractivity contribution < 1.29 is 19.8 Å². The van der Waals surface area contributed by atoms with Crippen LogP contribution in [0, 0.1) is 6.92 Å². The lowest BCUT2D eigenvalue weighted by Gasteiger charge is -2.01. The van der Waals surface area contributed by atoms with Gasteiger partial charge in [-0.15, -0.1) is 0 Å². The second kappa shape index (κ2) is 6.96. The molecule has 0 unspecified atom stereocenters. The highest BCUT2D eigenvalue weighted by atomic mass is 16.4. The summed E-state index contributed by atoms with van der Waals surface area (Å²) in [6.45, 7) is 1.57. The third-order valence-corrected chi connectivity index (χ3v) is 2.37. The van der Waals surface area contributed by atoms with E-state index in [9.17, 15) is 9.59 Å². The van der Waals surface area contributed by atoms with Gasteiger partial charge in [-0.05, 0) is 30.7 Å². The van der Waals surface area contributed by atoms with Crippen LogP contribution in [-0.4, -0.2) is 22.2 Å². The molecular formula is C15H14O4. The molecular weight excluding hydrogens is 244 g/mol. The fourth-order valence-electron chi connectivity index (χ4n) is 1.42. The van der Waals surface area contributed by atoms with Gasteiger partial charge in [0, 0.05) is 0 Å². The lowest BCUT2D eigenvalue weighted by Crippen LogP contribution is -2.03. The van der Waals surface area contributed by atoms with Gasteiger partial charge in [-0.2, -0.15) is 0 Å². The molecule has 0 saturated heterocycles. The first-order valence-corrected chi connectivity index (χ1v) is 5.59.